The van der Waals surface area contributed by atoms with Crippen molar-refractivity contribution in [3.8, 4) is 5.75 Å². The molecule has 0 spiro atoms. The number of thiazole rings is 1. The summed E-state index contributed by atoms with van der Waals surface area (Å²) < 4.78 is 32.4. The molecule has 0 aliphatic carbocycles. The Kier molecular flexibility index (Phi) is 5.90. The number of methoxy groups -OCH3 is 1. The molecule has 9 heteroatoms. The first-order valence-electron chi connectivity index (χ1n) is 8.71. The van der Waals surface area contributed by atoms with E-state index in [1.165, 1.54) is 49.8 Å². The van der Waals surface area contributed by atoms with E-state index in [2.05, 4.69) is 10.3 Å². The number of aromatic nitrogens is 1. The van der Waals surface area contributed by atoms with Crippen LogP contribution >= 0.6 is 11.3 Å². The van der Waals surface area contributed by atoms with Crippen molar-refractivity contribution >= 4 is 38.1 Å². The third-order valence-electron chi connectivity index (χ3n) is 4.45. The largest absolute Gasteiger partial charge is 0.495 e. The molecule has 1 aromatic heterocycles. The second-order valence-corrected chi connectivity index (χ2v) is 9.46. The molecule has 0 fully saturated rings. The van der Waals surface area contributed by atoms with Crippen molar-refractivity contribution in [3.63, 3.8) is 0 Å². The van der Waals surface area contributed by atoms with Crippen LogP contribution in [0.5, 0.6) is 5.75 Å². The highest BCUT2D eigenvalue weighted by Gasteiger charge is 2.24. The quantitative estimate of drug-likeness (QED) is 0.640. The molecule has 2 aromatic carbocycles. The van der Waals surface area contributed by atoms with E-state index in [0.717, 1.165) is 14.9 Å². The van der Waals surface area contributed by atoms with Crippen LogP contribution in [0.15, 0.2) is 53.4 Å². The number of carbonyl (C=O) groups excluding carboxylic acids is 1. The molecule has 7 nitrogen and oxygen atoms in total. The summed E-state index contributed by atoms with van der Waals surface area (Å²) in [6.07, 6.45) is 0. The number of rotatable bonds is 6. The van der Waals surface area contributed by atoms with Crippen LogP contribution in [0, 0.1) is 13.8 Å². The van der Waals surface area contributed by atoms with Gasteiger partial charge in [0.25, 0.3) is 15.9 Å². The van der Waals surface area contributed by atoms with Gasteiger partial charge >= 0.3 is 0 Å². The lowest BCUT2D eigenvalue weighted by atomic mass is 10.2. The molecule has 0 radical (unpaired) electrons. The summed E-state index contributed by atoms with van der Waals surface area (Å²) in [6.45, 7) is 3.81. The van der Waals surface area contributed by atoms with E-state index in [1.807, 2.05) is 13.8 Å². The predicted molar refractivity (Wildman–Crippen MR) is 115 cm³/mol. The second kappa shape index (κ2) is 8.22. The molecule has 1 heterocycles. The Balaban J connectivity index is 1.82. The lowest BCUT2D eigenvalue weighted by Crippen LogP contribution is -2.27. The van der Waals surface area contributed by atoms with Gasteiger partial charge in [0.05, 0.1) is 23.4 Å². The lowest BCUT2D eigenvalue weighted by Gasteiger charge is -2.21. The lowest BCUT2D eigenvalue weighted by molar-refractivity contribution is 0.102. The van der Waals surface area contributed by atoms with E-state index in [-0.39, 0.29) is 10.8 Å². The Morgan fingerprint density at radius 1 is 1.10 bits per heavy atom. The third kappa shape index (κ3) is 4.25. The minimum absolute atomic E-state index is 0.0726. The Morgan fingerprint density at radius 3 is 2.34 bits per heavy atom. The number of para-hydroxylation sites is 2. The summed E-state index contributed by atoms with van der Waals surface area (Å²) in [4.78, 5) is 17.8. The van der Waals surface area contributed by atoms with Gasteiger partial charge in [-0.25, -0.2) is 13.4 Å². The fourth-order valence-electron chi connectivity index (χ4n) is 2.65. The van der Waals surface area contributed by atoms with Gasteiger partial charge in [-0.1, -0.05) is 12.1 Å². The first-order valence-corrected chi connectivity index (χ1v) is 11.0. The number of ether oxygens (including phenoxy) is 1. The van der Waals surface area contributed by atoms with Crippen LogP contribution in [0.25, 0.3) is 0 Å². The normalized spacial score (nSPS) is 11.2. The number of hydrogen-bond acceptors (Lipinski definition) is 6. The molecule has 3 aromatic rings. The standard InChI is InChI=1S/C20H21N3O4S2/c1-13-14(2)28-20(21-13)22-19(24)15-9-11-16(12-10-15)29(25,26)23(3)17-7-5-6-8-18(17)27-4/h5-12H,1-4H3,(H,21,22,24). The molecule has 1 N–H and O–H groups in total. The number of aryl methyl sites for hydroxylation is 2. The number of carbonyl (C=O) groups is 1. The van der Waals surface area contributed by atoms with Gasteiger partial charge in [0.15, 0.2) is 5.13 Å². The molecule has 152 valence electrons. The maximum absolute atomic E-state index is 13.0. The molecule has 0 aliphatic heterocycles. The first-order chi connectivity index (χ1) is 13.7. The topological polar surface area (TPSA) is 88.6 Å². The molecule has 0 aliphatic rings. The summed E-state index contributed by atoms with van der Waals surface area (Å²) >= 11 is 1.39. The monoisotopic (exact) mass is 431 g/mol. The van der Waals surface area contributed by atoms with E-state index in [9.17, 15) is 13.2 Å². The molecule has 29 heavy (non-hydrogen) atoms. The Morgan fingerprint density at radius 2 is 1.76 bits per heavy atom. The van der Waals surface area contributed by atoms with Crippen molar-refractivity contribution in [2.75, 3.05) is 23.8 Å². The van der Waals surface area contributed by atoms with Gasteiger partial charge in [-0.15, -0.1) is 11.3 Å². The average Bonchev–Trinajstić information content (AvgIpc) is 3.04. The van der Waals surface area contributed by atoms with Crippen molar-refractivity contribution < 1.29 is 17.9 Å². The fourth-order valence-corrected chi connectivity index (χ4v) is 4.67. The molecule has 3 rings (SSSR count). The average molecular weight is 432 g/mol. The van der Waals surface area contributed by atoms with Crippen LogP contribution in [0.3, 0.4) is 0 Å². The van der Waals surface area contributed by atoms with E-state index in [1.54, 1.807) is 24.3 Å². The van der Waals surface area contributed by atoms with E-state index in [4.69, 9.17) is 4.74 Å². The maximum Gasteiger partial charge on any atom is 0.264 e. The van der Waals surface area contributed by atoms with Gasteiger partial charge in [0, 0.05) is 17.5 Å². The zero-order valence-electron chi connectivity index (χ0n) is 16.5. The number of nitrogens with zero attached hydrogens (tertiary/aromatic N) is 2. The number of sulfonamides is 1. The van der Waals surface area contributed by atoms with Crippen molar-refractivity contribution in [1.82, 2.24) is 4.98 Å². The van der Waals surface area contributed by atoms with E-state index >= 15 is 0 Å². The molecular weight excluding hydrogens is 410 g/mol. The Labute approximate surface area is 174 Å². The molecule has 0 saturated carbocycles. The van der Waals surface area contributed by atoms with Crippen LogP contribution in [0.4, 0.5) is 10.8 Å². The van der Waals surface area contributed by atoms with Crippen LogP contribution in [-0.4, -0.2) is 33.5 Å². The van der Waals surface area contributed by atoms with Gasteiger partial charge in [0.2, 0.25) is 0 Å². The Hall–Kier alpha value is -2.91. The summed E-state index contributed by atoms with van der Waals surface area (Å²) in [5.74, 6) is 0.101. The van der Waals surface area contributed by atoms with Crippen LogP contribution in [0.2, 0.25) is 0 Å². The van der Waals surface area contributed by atoms with Gasteiger partial charge in [-0.2, -0.15) is 0 Å². The summed E-state index contributed by atoms with van der Waals surface area (Å²) in [6, 6.07) is 12.6. The first kappa shape index (κ1) is 20.8. The maximum atomic E-state index is 13.0. The van der Waals surface area contributed by atoms with Crippen molar-refractivity contribution in [2.45, 2.75) is 18.7 Å². The number of nitrogens with one attached hydrogen (secondary N) is 1. The number of anilines is 2. The van der Waals surface area contributed by atoms with Crippen LogP contribution in [0.1, 0.15) is 20.9 Å². The smallest absolute Gasteiger partial charge is 0.264 e. The van der Waals surface area contributed by atoms with Crippen molar-refractivity contribution in [2.24, 2.45) is 0 Å². The molecular formula is C20H21N3O4S2. The van der Waals surface area contributed by atoms with Gasteiger partial charge in [-0.05, 0) is 50.2 Å². The minimum atomic E-state index is -3.82. The number of benzene rings is 2. The highest BCUT2D eigenvalue weighted by molar-refractivity contribution is 7.92. The Bertz CT molecular complexity index is 1120. The minimum Gasteiger partial charge on any atom is -0.495 e. The molecule has 1 amide bonds. The fraction of sp³-hybridized carbons (Fsp3) is 0.200. The van der Waals surface area contributed by atoms with Gasteiger partial charge in [0.1, 0.15) is 5.75 Å². The molecule has 0 bridgehead atoms. The molecule has 0 saturated heterocycles. The van der Waals surface area contributed by atoms with Crippen molar-refractivity contribution in [3.05, 3.63) is 64.7 Å². The van der Waals surface area contributed by atoms with E-state index in [0.29, 0.717) is 22.1 Å². The number of amides is 1. The third-order valence-corrected chi connectivity index (χ3v) is 7.22. The zero-order valence-corrected chi connectivity index (χ0v) is 18.1. The highest BCUT2D eigenvalue weighted by atomic mass is 32.2. The predicted octanol–water partition coefficient (Wildman–Crippen LogP) is 3.85. The van der Waals surface area contributed by atoms with Crippen molar-refractivity contribution in [1.29, 1.82) is 0 Å². The summed E-state index contributed by atoms with van der Waals surface area (Å²) in [5.41, 5.74) is 1.63. The zero-order chi connectivity index (χ0) is 21.2. The van der Waals surface area contributed by atoms with Crippen LogP contribution < -0.4 is 14.4 Å². The molecule has 0 unspecified atom stereocenters. The van der Waals surface area contributed by atoms with Gasteiger partial charge < -0.3 is 4.74 Å². The SMILES string of the molecule is COc1ccccc1N(C)S(=O)(=O)c1ccc(C(=O)Nc2nc(C)c(C)s2)cc1. The van der Waals surface area contributed by atoms with Gasteiger partial charge in [-0.3, -0.25) is 14.4 Å². The number of hydrogen-bond donors (Lipinski definition) is 1. The van der Waals surface area contributed by atoms with Crippen LogP contribution in [-0.2, 0) is 10.0 Å². The molecule has 0 atom stereocenters. The highest BCUT2D eigenvalue weighted by Crippen LogP contribution is 2.31. The summed E-state index contributed by atoms with van der Waals surface area (Å²) in [5, 5.41) is 3.25. The summed E-state index contributed by atoms with van der Waals surface area (Å²) in [7, 11) is -0.873. The second-order valence-electron chi connectivity index (χ2n) is 6.28. The van der Waals surface area contributed by atoms with E-state index < -0.39 is 10.0 Å².